The zero-order chi connectivity index (χ0) is 24.5. The summed E-state index contributed by atoms with van der Waals surface area (Å²) in [4.78, 5) is 20.9. The number of benzene rings is 2. The lowest BCUT2D eigenvalue weighted by Gasteiger charge is -2.10. The molecule has 0 saturated heterocycles. The lowest BCUT2D eigenvalue weighted by Crippen LogP contribution is -2.03. The molecule has 2 heterocycles. The minimum atomic E-state index is -4.37. The number of halogens is 3. The normalized spacial score (nSPS) is 11.9. The Kier molecular flexibility index (Phi) is 7.01. The number of nitrogens with one attached hydrogen (secondary N) is 1. The van der Waals surface area contributed by atoms with Crippen LogP contribution < -0.4 is 0 Å². The molecule has 0 aliphatic carbocycles. The Morgan fingerprint density at radius 2 is 1.94 bits per heavy atom. The van der Waals surface area contributed by atoms with Gasteiger partial charge in [0.25, 0.3) is 0 Å². The van der Waals surface area contributed by atoms with Crippen molar-refractivity contribution in [3.63, 3.8) is 0 Å². The molecule has 0 aliphatic rings. The number of aryl methyl sites for hydroxylation is 1. The number of aromatic amines is 1. The van der Waals surface area contributed by atoms with Gasteiger partial charge >= 0.3 is 12.1 Å². The number of aliphatic carboxylic acids is 1. The second-order valence-electron chi connectivity index (χ2n) is 7.71. The number of alkyl halides is 3. The van der Waals surface area contributed by atoms with Gasteiger partial charge in [-0.2, -0.15) is 13.2 Å². The van der Waals surface area contributed by atoms with Crippen molar-refractivity contribution >= 4 is 40.0 Å². The fourth-order valence-electron chi connectivity index (χ4n) is 3.59. The van der Waals surface area contributed by atoms with Crippen LogP contribution in [0.1, 0.15) is 27.3 Å². The monoisotopic (exact) mass is 506 g/mol. The minimum absolute atomic E-state index is 0.0638. The van der Waals surface area contributed by atoms with Crippen molar-refractivity contribution < 1.29 is 27.8 Å². The summed E-state index contributed by atoms with van der Waals surface area (Å²) in [5.74, 6) is -0.258. The highest BCUT2D eigenvalue weighted by Crippen LogP contribution is 2.37. The number of fused-ring (bicyclic) bond motifs is 1. The summed E-state index contributed by atoms with van der Waals surface area (Å²) >= 11 is 3.07. The van der Waals surface area contributed by atoms with Gasteiger partial charge in [0.2, 0.25) is 0 Å². The van der Waals surface area contributed by atoms with E-state index in [0.29, 0.717) is 22.9 Å². The van der Waals surface area contributed by atoms with E-state index in [-0.39, 0.29) is 6.42 Å². The fourth-order valence-corrected chi connectivity index (χ4v) is 5.87. The Hall–Kier alpha value is -2.82. The summed E-state index contributed by atoms with van der Waals surface area (Å²) in [5.41, 5.74) is 3.33. The number of methoxy groups -OCH3 is 1. The first kappa shape index (κ1) is 24.3. The lowest BCUT2D eigenvalue weighted by atomic mass is 10.1. The molecule has 0 bridgehead atoms. The molecule has 2 aromatic heterocycles. The summed E-state index contributed by atoms with van der Waals surface area (Å²) in [6.07, 6.45) is -2.72. The third-order valence-corrected chi connectivity index (χ3v) is 7.81. The van der Waals surface area contributed by atoms with Gasteiger partial charge in [0.15, 0.2) is 0 Å². The van der Waals surface area contributed by atoms with Crippen LogP contribution >= 0.6 is 23.1 Å². The second kappa shape index (κ2) is 9.81. The summed E-state index contributed by atoms with van der Waals surface area (Å²) in [5, 5.41) is 10.7. The van der Waals surface area contributed by atoms with Crippen molar-refractivity contribution in [1.29, 1.82) is 0 Å². The molecular weight excluding hydrogens is 485 g/mol. The number of hydrogen-bond donors (Lipinski definition) is 2. The zero-order valence-electron chi connectivity index (χ0n) is 18.3. The maximum absolute atomic E-state index is 12.8. The van der Waals surface area contributed by atoms with E-state index in [1.807, 2.05) is 19.1 Å². The van der Waals surface area contributed by atoms with E-state index in [1.165, 1.54) is 23.5 Å². The van der Waals surface area contributed by atoms with E-state index in [4.69, 9.17) is 9.84 Å². The third kappa shape index (κ3) is 5.29. The minimum Gasteiger partial charge on any atom is -0.481 e. The van der Waals surface area contributed by atoms with Crippen molar-refractivity contribution in [2.24, 2.45) is 0 Å². The smallest absolute Gasteiger partial charge is 0.416 e. The highest BCUT2D eigenvalue weighted by atomic mass is 32.2. The predicted molar refractivity (Wildman–Crippen MR) is 127 cm³/mol. The lowest BCUT2D eigenvalue weighted by molar-refractivity contribution is -0.138. The molecule has 2 N–H and O–H groups in total. The van der Waals surface area contributed by atoms with Crippen LogP contribution in [0.25, 0.3) is 21.5 Å². The molecule has 178 valence electrons. The van der Waals surface area contributed by atoms with Crippen LogP contribution in [0.15, 0.2) is 47.5 Å². The standard InChI is InChI=1S/C24H21F3N2O3S2/c1-13-21(34-23(29-13)14-3-5-17(6-4-14)24(25,26)27)12-33-20-9-19-18(7-16(20)11-32-2)15(10-28-19)8-22(30)31/h3-7,9-10,28H,8,11-12H2,1-2H3,(H,30,31). The van der Waals surface area contributed by atoms with Crippen molar-refractivity contribution in [2.45, 2.75) is 36.8 Å². The molecule has 0 radical (unpaired) electrons. The maximum Gasteiger partial charge on any atom is 0.416 e. The van der Waals surface area contributed by atoms with Gasteiger partial charge in [-0.3, -0.25) is 4.79 Å². The van der Waals surface area contributed by atoms with Crippen molar-refractivity contribution in [3.05, 3.63) is 69.9 Å². The van der Waals surface area contributed by atoms with Crippen LogP contribution in [0.3, 0.4) is 0 Å². The average molecular weight is 507 g/mol. The second-order valence-corrected chi connectivity index (χ2v) is 9.82. The van der Waals surface area contributed by atoms with Crippen LogP contribution in [0.2, 0.25) is 0 Å². The van der Waals surface area contributed by atoms with Crippen LogP contribution in [0, 0.1) is 6.92 Å². The number of rotatable bonds is 8. The molecule has 0 saturated carbocycles. The highest BCUT2D eigenvalue weighted by Gasteiger charge is 2.30. The first-order chi connectivity index (χ1) is 16.2. The summed E-state index contributed by atoms with van der Waals surface area (Å²) < 4.78 is 43.9. The van der Waals surface area contributed by atoms with E-state index < -0.39 is 17.7 Å². The van der Waals surface area contributed by atoms with Gasteiger partial charge in [-0.25, -0.2) is 4.98 Å². The summed E-state index contributed by atoms with van der Waals surface area (Å²) in [6, 6.07) is 8.99. The van der Waals surface area contributed by atoms with Gasteiger partial charge in [0.05, 0.1) is 24.3 Å². The Bertz CT molecular complexity index is 1330. The first-order valence-electron chi connectivity index (χ1n) is 10.3. The van der Waals surface area contributed by atoms with Crippen LogP contribution in [-0.2, 0) is 34.5 Å². The predicted octanol–water partition coefficient (Wildman–Crippen LogP) is 6.68. The summed E-state index contributed by atoms with van der Waals surface area (Å²) in [6.45, 7) is 2.27. The first-order valence-corrected chi connectivity index (χ1v) is 12.1. The number of carboxylic acid groups (broad SMARTS) is 1. The molecule has 4 rings (SSSR count). The Labute approximate surface area is 202 Å². The number of thiazole rings is 1. The molecule has 0 fully saturated rings. The zero-order valence-corrected chi connectivity index (χ0v) is 20.0. The van der Waals surface area contributed by atoms with Gasteiger partial charge in [-0.1, -0.05) is 12.1 Å². The van der Waals surface area contributed by atoms with Gasteiger partial charge in [-0.15, -0.1) is 23.1 Å². The maximum atomic E-state index is 12.8. The van der Waals surface area contributed by atoms with Gasteiger partial charge in [0.1, 0.15) is 5.01 Å². The Morgan fingerprint density at radius 1 is 1.21 bits per heavy atom. The number of nitrogens with zero attached hydrogens (tertiary/aromatic N) is 1. The number of carboxylic acids is 1. The third-order valence-electron chi connectivity index (χ3n) is 5.30. The molecule has 4 aromatic rings. The van der Waals surface area contributed by atoms with E-state index >= 15 is 0 Å². The van der Waals surface area contributed by atoms with E-state index in [1.54, 1.807) is 25.1 Å². The molecule has 0 spiro atoms. The molecule has 5 nitrogen and oxygen atoms in total. The molecule has 34 heavy (non-hydrogen) atoms. The van der Waals surface area contributed by atoms with Gasteiger partial charge in [0, 0.05) is 45.3 Å². The van der Waals surface area contributed by atoms with Crippen LogP contribution in [0.5, 0.6) is 0 Å². The van der Waals surface area contributed by atoms with E-state index in [9.17, 15) is 18.0 Å². The molecular formula is C24H21F3N2O3S2. The Morgan fingerprint density at radius 3 is 2.59 bits per heavy atom. The van der Waals surface area contributed by atoms with Gasteiger partial charge in [-0.05, 0) is 42.3 Å². The van der Waals surface area contributed by atoms with E-state index in [2.05, 4.69) is 9.97 Å². The number of aromatic nitrogens is 2. The number of hydrogen-bond acceptors (Lipinski definition) is 5. The topological polar surface area (TPSA) is 75.2 Å². The molecule has 10 heteroatoms. The number of carbonyl (C=O) groups is 1. The fraction of sp³-hybridized carbons (Fsp3) is 0.250. The molecule has 0 atom stereocenters. The number of H-pyrrole nitrogens is 1. The SMILES string of the molecule is COCc1cc2c(CC(=O)O)c[nH]c2cc1SCc1sc(-c2ccc(C(F)(F)F)cc2)nc1C. The van der Waals surface area contributed by atoms with Crippen molar-refractivity contribution in [2.75, 3.05) is 7.11 Å². The van der Waals surface area contributed by atoms with E-state index in [0.717, 1.165) is 49.6 Å². The quantitative estimate of drug-likeness (QED) is 0.261. The molecule has 0 aliphatic heterocycles. The largest absolute Gasteiger partial charge is 0.481 e. The van der Waals surface area contributed by atoms with Crippen molar-refractivity contribution in [1.82, 2.24) is 9.97 Å². The highest BCUT2D eigenvalue weighted by molar-refractivity contribution is 7.98. The molecule has 0 unspecified atom stereocenters. The number of thioether (sulfide) groups is 1. The summed E-state index contributed by atoms with van der Waals surface area (Å²) in [7, 11) is 1.61. The van der Waals surface area contributed by atoms with Crippen LogP contribution in [0.4, 0.5) is 13.2 Å². The van der Waals surface area contributed by atoms with Gasteiger partial charge < -0.3 is 14.8 Å². The number of ether oxygens (including phenoxy) is 1. The molecule has 0 amide bonds. The van der Waals surface area contributed by atoms with Crippen LogP contribution in [-0.4, -0.2) is 28.2 Å². The average Bonchev–Trinajstić information content (AvgIpc) is 3.34. The Balaban J connectivity index is 1.56. The molecule has 2 aromatic carbocycles. The van der Waals surface area contributed by atoms with Crippen molar-refractivity contribution in [3.8, 4) is 10.6 Å².